The number of nitro groups is 1. The molecule has 0 spiro atoms. The van der Waals surface area contributed by atoms with Crippen molar-refractivity contribution in [3.8, 4) is 17.6 Å². The van der Waals surface area contributed by atoms with Gasteiger partial charge < -0.3 is 10.1 Å². The molecule has 0 bridgehead atoms. The van der Waals surface area contributed by atoms with Gasteiger partial charge in [-0.25, -0.2) is 0 Å². The van der Waals surface area contributed by atoms with E-state index in [-0.39, 0.29) is 28.8 Å². The highest BCUT2D eigenvalue weighted by Gasteiger charge is 2.12. The first-order valence-electron chi connectivity index (χ1n) is 7.18. The fourth-order valence-electron chi connectivity index (χ4n) is 1.83. The Hall–Kier alpha value is -3.40. The normalized spacial score (nSPS) is 10.1. The SMILES string of the molecule is CC(C)C(=O)Nc1ccc(Oc2ccc([N+](=O)[O-])cc2C#N)cc1. The van der Waals surface area contributed by atoms with Crippen LogP contribution in [0.4, 0.5) is 11.4 Å². The van der Waals surface area contributed by atoms with Crippen molar-refractivity contribution in [2.24, 2.45) is 5.92 Å². The van der Waals surface area contributed by atoms with E-state index in [0.717, 1.165) is 6.07 Å². The highest BCUT2D eigenvalue weighted by molar-refractivity contribution is 5.92. The standard InChI is InChI=1S/C17H15N3O4/c1-11(2)17(21)19-13-3-6-15(7-4-13)24-16-8-5-14(20(22)23)9-12(16)10-18/h3-9,11H,1-2H3,(H,19,21). The van der Waals surface area contributed by atoms with E-state index < -0.39 is 4.92 Å². The third kappa shape index (κ3) is 4.08. The van der Waals surface area contributed by atoms with Gasteiger partial charge in [0.05, 0.1) is 4.92 Å². The fourth-order valence-corrected chi connectivity index (χ4v) is 1.83. The number of amides is 1. The molecule has 0 atom stereocenters. The molecule has 0 aliphatic heterocycles. The smallest absolute Gasteiger partial charge is 0.271 e. The number of rotatable bonds is 5. The molecule has 1 amide bonds. The summed E-state index contributed by atoms with van der Waals surface area (Å²) < 4.78 is 5.58. The Balaban J connectivity index is 2.16. The van der Waals surface area contributed by atoms with Crippen LogP contribution in [0.1, 0.15) is 19.4 Å². The van der Waals surface area contributed by atoms with Crippen molar-refractivity contribution < 1.29 is 14.5 Å². The van der Waals surface area contributed by atoms with Crippen LogP contribution < -0.4 is 10.1 Å². The number of nitrogens with one attached hydrogen (secondary N) is 1. The van der Waals surface area contributed by atoms with Gasteiger partial charge in [-0.05, 0) is 30.3 Å². The van der Waals surface area contributed by atoms with E-state index in [1.165, 1.54) is 12.1 Å². The summed E-state index contributed by atoms with van der Waals surface area (Å²) in [6.07, 6.45) is 0. The van der Waals surface area contributed by atoms with Crippen molar-refractivity contribution in [2.75, 3.05) is 5.32 Å². The summed E-state index contributed by atoms with van der Waals surface area (Å²) in [5, 5.41) is 22.6. The van der Waals surface area contributed by atoms with Gasteiger partial charge in [-0.2, -0.15) is 5.26 Å². The second-order valence-electron chi connectivity index (χ2n) is 5.32. The zero-order valence-corrected chi connectivity index (χ0v) is 13.1. The Morgan fingerprint density at radius 1 is 1.25 bits per heavy atom. The lowest BCUT2D eigenvalue weighted by Crippen LogP contribution is -2.17. The van der Waals surface area contributed by atoms with Crippen LogP contribution in [-0.4, -0.2) is 10.8 Å². The van der Waals surface area contributed by atoms with Crippen molar-refractivity contribution >= 4 is 17.3 Å². The minimum atomic E-state index is -0.573. The largest absolute Gasteiger partial charge is 0.456 e. The number of anilines is 1. The number of carbonyl (C=O) groups is 1. The van der Waals surface area contributed by atoms with Gasteiger partial charge >= 0.3 is 0 Å². The number of ether oxygens (including phenoxy) is 1. The van der Waals surface area contributed by atoms with Crippen molar-refractivity contribution in [2.45, 2.75) is 13.8 Å². The van der Waals surface area contributed by atoms with Crippen molar-refractivity contribution in [1.82, 2.24) is 0 Å². The number of benzene rings is 2. The number of non-ortho nitro benzene ring substituents is 1. The first-order valence-corrected chi connectivity index (χ1v) is 7.18. The van der Waals surface area contributed by atoms with Gasteiger partial charge in [0.2, 0.25) is 5.91 Å². The number of nitriles is 1. The first kappa shape index (κ1) is 17.0. The molecule has 0 radical (unpaired) electrons. The minimum Gasteiger partial charge on any atom is -0.456 e. The molecule has 122 valence electrons. The fraction of sp³-hybridized carbons (Fsp3) is 0.176. The highest BCUT2D eigenvalue weighted by atomic mass is 16.6. The van der Waals surface area contributed by atoms with Gasteiger partial charge in [0, 0.05) is 23.7 Å². The zero-order valence-electron chi connectivity index (χ0n) is 13.1. The Morgan fingerprint density at radius 2 is 1.92 bits per heavy atom. The maximum absolute atomic E-state index is 11.6. The van der Waals surface area contributed by atoms with E-state index in [2.05, 4.69) is 5.32 Å². The van der Waals surface area contributed by atoms with E-state index in [1.54, 1.807) is 38.1 Å². The van der Waals surface area contributed by atoms with Gasteiger partial charge in [-0.3, -0.25) is 14.9 Å². The molecule has 2 aromatic rings. The molecule has 0 fully saturated rings. The number of carbonyl (C=O) groups excluding carboxylic acids is 1. The summed E-state index contributed by atoms with van der Waals surface area (Å²) in [7, 11) is 0. The molecule has 2 aromatic carbocycles. The molecule has 7 heteroatoms. The lowest BCUT2D eigenvalue weighted by molar-refractivity contribution is -0.384. The first-order chi connectivity index (χ1) is 11.4. The van der Waals surface area contributed by atoms with Crippen LogP contribution in [0.3, 0.4) is 0 Å². The lowest BCUT2D eigenvalue weighted by atomic mass is 10.2. The van der Waals surface area contributed by atoms with Crippen LogP contribution in [0.25, 0.3) is 0 Å². The number of nitro benzene ring substituents is 1. The average molecular weight is 325 g/mol. The van der Waals surface area contributed by atoms with Crippen molar-refractivity contribution in [3.63, 3.8) is 0 Å². The second kappa shape index (κ2) is 7.24. The van der Waals surface area contributed by atoms with E-state index in [0.29, 0.717) is 11.4 Å². The molecule has 0 aliphatic carbocycles. The molecule has 0 aliphatic rings. The number of hydrogen-bond acceptors (Lipinski definition) is 5. The van der Waals surface area contributed by atoms with Crippen LogP contribution >= 0.6 is 0 Å². The van der Waals surface area contributed by atoms with Gasteiger partial charge in [-0.15, -0.1) is 0 Å². The summed E-state index contributed by atoms with van der Waals surface area (Å²) in [5.74, 6) is 0.454. The summed E-state index contributed by atoms with van der Waals surface area (Å²) >= 11 is 0. The van der Waals surface area contributed by atoms with E-state index in [4.69, 9.17) is 10.00 Å². The summed E-state index contributed by atoms with van der Waals surface area (Å²) in [5.41, 5.74) is 0.525. The zero-order chi connectivity index (χ0) is 17.7. The molecule has 1 N–H and O–H groups in total. The Morgan fingerprint density at radius 3 is 2.46 bits per heavy atom. The predicted octanol–water partition coefficient (Wildman–Crippen LogP) is 3.85. The summed E-state index contributed by atoms with van der Waals surface area (Å²) in [6.45, 7) is 3.59. The van der Waals surface area contributed by atoms with Gasteiger partial charge in [0.25, 0.3) is 5.69 Å². The average Bonchev–Trinajstić information content (AvgIpc) is 2.56. The van der Waals surface area contributed by atoms with Gasteiger partial charge in [-0.1, -0.05) is 13.8 Å². The Labute approximate surface area is 138 Å². The molecule has 0 unspecified atom stereocenters. The van der Waals surface area contributed by atoms with Gasteiger partial charge in [0.1, 0.15) is 23.1 Å². The predicted molar refractivity (Wildman–Crippen MR) is 87.8 cm³/mol. The number of nitrogens with zero attached hydrogens (tertiary/aromatic N) is 2. The van der Waals surface area contributed by atoms with Crippen molar-refractivity contribution in [1.29, 1.82) is 5.26 Å². The van der Waals surface area contributed by atoms with Gasteiger partial charge in [0.15, 0.2) is 0 Å². The summed E-state index contributed by atoms with van der Waals surface area (Å²) in [4.78, 5) is 21.8. The summed E-state index contributed by atoms with van der Waals surface area (Å²) in [6, 6.07) is 12.3. The topological polar surface area (TPSA) is 105 Å². The molecule has 2 rings (SSSR count). The number of hydrogen-bond donors (Lipinski definition) is 1. The van der Waals surface area contributed by atoms with E-state index >= 15 is 0 Å². The Kier molecular flexibility index (Phi) is 5.12. The van der Waals surface area contributed by atoms with Crippen molar-refractivity contribution in [3.05, 3.63) is 58.1 Å². The van der Waals surface area contributed by atoms with Crippen LogP contribution in [0.15, 0.2) is 42.5 Å². The maximum Gasteiger partial charge on any atom is 0.271 e. The third-order valence-corrected chi connectivity index (χ3v) is 3.17. The third-order valence-electron chi connectivity index (χ3n) is 3.17. The molecule has 24 heavy (non-hydrogen) atoms. The van der Waals surface area contributed by atoms with E-state index in [9.17, 15) is 14.9 Å². The molecule has 0 aromatic heterocycles. The molecule has 7 nitrogen and oxygen atoms in total. The van der Waals surface area contributed by atoms with Crippen LogP contribution in [0.2, 0.25) is 0 Å². The Bertz CT molecular complexity index is 808. The quantitative estimate of drug-likeness (QED) is 0.664. The molecular formula is C17H15N3O4. The van der Waals surface area contributed by atoms with E-state index in [1.807, 2.05) is 6.07 Å². The van der Waals surface area contributed by atoms with Crippen LogP contribution in [0, 0.1) is 27.4 Å². The highest BCUT2D eigenvalue weighted by Crippen LogP contribution is 2.29. The molecular weight excluding hydrogens is 310 g/mol. The maximum atomic E-state index is 11.6. The molecule has 0 saturated heterocycles. The van der Waals surface area contributed by atoms with Crippen LogP contribution in [0.5, 0.6) is 11.5 Å². The minimum absolute atomic E-state index is 0.0707. The molecule has 0 saturated carbocycles. The lowest BCUT2D eigenvalue weighted by Gasteiger charge is -2.10. The van der Waals surface area contributed by atoms with Crippen LogP contribution in [-0.2, 0) is 4.79 Å². The monoisotopic (exact) mass is 325 g/mol. The molecule has 0 heterocycles. The second-order valence-corrected chi connectivity index (χ2v) is 5.32.